The molecule has 0 bridgehead atoms. The van der Waals surface area contributed by atoms with Crippen LogP contribution in [0.25, 0.3) is 16.6 Å². The first kappa shape index (κ1) is 19.5. The SMILES string of the molecule is C=CC(=O)Oc1c(F)cc2nc(C)n(-c3cc(C)cc(C)c3)c(=O)c2c1CC. The quantitative estimate of drug-likeness (QED) is 0.388. The minimum Gasteiger partial charge on any atom is -0.420 e. The molecule has 5 nitrogen and oxygen atoms in total. The van der Waals surface area contributed by atoms with Crippen molar-refractivity contribution in [2.75, 3.05) is 0 Å². The van der Waals surface area contributed by atoms with Crippen LogP contribution in [0.2, 0.25) is 0 Å². The van der Waals surface area contributed by atoms with Gasteiger partial charge in [-0.15, -0.1) is 0 Å². The summed E-state index contributed by atoms with van der Waals surface area (Å²) in [6.07, 6.45) is 1.24. The van der Waals surface area contributed by atoms with Crippen LogP contribution in [0.3, 0.4) is 0 Å². The molecule has 1 aromatic heterocycles. The van der Waals surface area contributed by atoms with Crippen LogP contribution >= 0.6 is 0 Å². The highest BCUT2D eigenvalue weighted by molar-refractivity contribution is 5.88. The Morgan fingerprint density at radius 2 is 1.86 bits per heavy atom. The first-order valence-electron chi connectivity index (χ1n) is 8.94. The largest absolute Gasteiger partial charge is 0.420 e. The Balaban J connectivity index is 2.41. The van der Waals surface area contributed by atoms with Gasteiger partial charge in [0.05, 0.1) is 16.6 Å². The van der Waals surface area contributed by atoms with Crippen molar-refractivity contribution in [3.05, 3.63) is 75.6 Å². The van der Waals surface area contributed by atoms with Crippen LogP contribution in [-0.2, 0) is 11.2 Å². The van der Waals surface area contributed by atoms with Crippen LogP contribution in [0.15, 0.2) is 41.7 Å². The van der Waals surface area contributed by atoms with Crippen LogP contribution in [0.4, 0.5) is 4.39 Å². The number of rotatable bonds is 4. The number of hydrogen-bond donors (Lipinski definition) is 0. The van der Waals surface area contributed by atoms with E-state index in [2.05, 4.69) is 11.6 Å². The summed E-state index contributed by atoms with van der Waals surface area (Å²) < 4.78 is 21.2. The molecule has 0 fully saturated rings. The highest BCUT2D eigenvalue weighted by Crippen LogP contribution is 2.30. The molecule has 0 atom stereocenters. The number of carbonyl (C=O) groups is 1. The lowest BCUT2D eigenvalue weighted by Crippen LogP contribution is -2.24. The van der Waals surface area contributed by atoms with Gasteiger partial charge >= 0.3 is 5.97 Å². The first-order valence-corrected chi connectivity index (χ1v) is 8.94. The molecule has 0 saturated carbocycles. The number of aryl methyl sites for hydroxylation is 4. The Hall–Kier alpha value is -3.28. The first-order chi connectivity index (χ1) is 13.3. The van der Waals surface area contributed by atoms with E-state index in [-0.39, 0.29) is 22.2 Å². The van der Waals surface area contributed by atoms with Gasteiger partial charge in [-0.2, -0.15) is 0 Å². The lowest BCUT2D eigenvalue weighted by atomic mass is 10.0. The monoisotopic (exact) mass is 380 g/mol. The summed E-state index contributed by atoms with van der Waals surface area (Å²) >= 11 is 0. The van der Waals surface area contributed by atoms with Gasteiger partial charge in [0.2, 0.25) is 0 Å². The molecule has 0 aliphatic rings. The molecule has 0 saturated heterocycles. The number of esters is 1. The average Bonchev–Trinajstić information content (AvgIpc) is 2.61. The zero-order valence-corrected chi connectivity index (χ0v) is 16.3. The molecule has 0 aliphatic heterocycles. The van der Waals surface area contributed by atoms with Crippen LogP contribution in [0.1, 0.15) is 29.4 Å². The fourth-order valence-electron chi connectivity index (χ4n) is 3.45. The summed E-state index contributed by atoms with van der Waals surface area (Å²) in [5.74, 6) is -1.34. The summed E-state index contributed by atoms with van der Waals surface area (Å²) in [6.45, 7) is 10.7. The molecule has 2 aromatic carbocycles. The number of nitrogens with zero attached hydrogens (tertiary/aromatic N) is 2. The molecular formula is C22H21FN2O3. The fraction of sp³-hybridized carbons (Fsp3) is 0.227. The fourth-order valence-corrected chi connectivity index (χ4v) is 3.45. The summed E-state index contributed by atoms with van der Waals surface area (Å²) in [7, 11) is 0. The maximum Gasteiger partial charge on any atom is 0.335 e. The van der Waals surface area contributed by atoms with Crippen molar-refractivity contribution >= 4 is 16.9 Å². The molecule has 3 aromatic rings. The molecule has 3 rings (SSSR count). The van der Waals surface area contributed by atoms with E-state index in [4.69, 9.17) is 4.74 Å². The zero-order chi connectivity index (χ0) is 20.6. The summed E-state index contributed by atoms with van der Waals surface area (Å²) in [6, 6.07) is 6.92. The van der Waals surface area contributed by atoms with Gasteiger partial charge in [-0.05, 0) is 50.5 Å². The third-order valence-corrected chi connectivity index (χ3v) is 4.52. The third-order valence-electron chi connectivity index (χ3n) is 4.52. The number of aromatic nitrogens is 2. The molecule has 6 heteroatoms. The van der Waals surface area contributed by atoms with Gasteiger partial charge < -0.3 is 4.74 Å². The number of fused-ring (bicyclic) bond motifs is 1. The zero-order valence-electron chi connectivity index (χ0n) is 16.3. The number of ether oxygens (including phenoxy) is 1. The summed E-state index contributed by atoms with van der Waals surface area (Å²) in [5, 5.41) is 0.237. The molecule has 0 N–H and O–H groups in total. The average molecular weight is 380 g/mol. The molecule has 0 spiro atoms. The van der Waals surface area contributed by atoms with Crippen molar-refractivity contribution in [3.63, 3.8) is 0 Å². The minimum atomic E-state index is -0.789. The van der Waals surface area contributed by atoms with E-state index < -0.39 is 11.8 Å². The maximum absolute atomic E-state index is 14.6. The summed E-state index contributed by atoms with van der Waals surface area (Å²) in [4.78, 5) is 29.5. The topological polar surface area (TPSA) is 61.2 Å². The van der Waals surface area contributed by atoms with Crippen molar-refractivity contribution < 1.29 is 13.9 Å². The highest BCUT2D eigenvalue weighted by atomic mass is 19.1. The minimum absolute atomic E-state index is 0.232. The number of benzene rings is 2. The van der Waals surface area contributed by atoms with Gasteiger partial charge in [-0.25, -0.2) is 14.2 Å². The van der Waals surface area contributed by atoms with E-state index in [0.29, 0.717) is 23.5 Å². The van der Waals surface area contributed by atoms with E-state index in [1.165, 1.54) is 4.57 Å². The van der Waals surface area contributed by atoms with Gasteiger partial charge in [-0.3, -0.25) is 9.36 Å². The van der Waals surface area contributed by atoms with Crippen LogP contribution in [-0.4, -0.2) is 15.5 Å². The lowest BCUT2D eigenvalue weighted by molar-refractivity contribution is -0.129. The number of carbonyl (C=O) groups excluding carboxylic acids is 1. The molecule has 144 valence electrons. The van der Waals surface area contributed by atoms with Crippen molar-refractivity contribution in [2.24, 2.45) is 0 Å². The van der Waals surface area contributed by atoms with E-state index in [0.717, 1.165) is 23.3 Å². The van der Waals surface area contributed by atoms with Gasteiger partial charge in [0.25, 0.3) is 5.56 Å². The Labute approximate surface area is 162 Å². The van der Waals surface area contributed by atoms with E-state index in [1.54, 1.807) is 13.8 Å². The van der Waals surface area contributed by atoms with Gasteiger partial charge in [0.1, 0.15) is 5.82 Å². The van der Waals surface area contributed by atoms with Crippen molar-refractivity contribution in [2.45, 2.75) is 34.1 Å². The molecule has 0 aliphatic carbocycles. The normalized spacial score (nSPS) is 10.9. The van der Waals surface area contributed by atoms with Crippen LogP contribution in [0, 0.1) is 26.6 Å². The van der Waals surface area contributed by atoms with Crippen molar-refractivity contribution in [1.82, 2.24) is 9.55 Å². The van der Waals surface area contributed by atoms with Crippen LogP contribution < -0.4 is 10.3 Å². The molecule has 28 heavy (non-hydrogen) atoms. The van der Waals surface area contributed by atoms with Gasteiger partial charge in [0, 0.05) is 17.7 Å². The second kappa shape index (κ2) is 7.38. The lowest BCUT2D eigenvalue weighted by Gasteiger charge is -2.16. The van der Waals surface area contributed by atoms with Gasteiger partial charge in [-0.1, -0.05) is 19.6 Å². The smallest absolute Gasteiger partial charge is 0.335 e. The predicted octanol–water partition coefficient (Wildman–Crippen LogP) is 4.10. The van der Waals surface area contributed by atoms with E-state index in [9.17, 15) is 14.0 Å². The van der Waals surface area contributed by atoms with Gasteiger partial charge in [0.15, 0.2) is 11.6 Å². The molecule has 0 unspecified atom stereocenters. The number of halogens is 1. The third kappa shape index (κ3) is 3.33. The Morgan fingerprint density at radius 1 is 1.21 bits per heavy atom. The van der Waals surface area contributed by atoms with Crippen LogP contribution in [0.5, 0.6) is 5.75 Å². The standard InChI is InChI=1S/C22H21FN2O3/c1-6-16-20-18(11-17(23)21(16)28-19(26)7-2)24-14(5)25(22(20)27)15-9-12(3)8-13(4)10-15/h7-11H,2,6H2,1,3-5H3. The number of hydrogen-bond acceptors (Lipinski definition) is 4. The highest BCUT2D eigenvalue weighted by Gasteiger charge is 2.21. The van der Waals surface area contributed by atoms with Crippen molar-refractivity contribution in [1.29, 1.82) is 0 Å². The Morgan fingerprint density at radius 3 is 2.43 bits per heavy atom. The van der Waals surface area contributed by atoms with Crippen molar-refractivity contribution in [3.8, 4) is 11.4 Å². The molecule has 1 heterocycles. The second-order valence-electron chi connectivity index (χ2n) is 6.68. The van der Waals surface area contributed by atoms with E-state index in [1.807, 2.05) is 32.0 Å². The molecular weight excluding hydrogens is 359 g/mol. The maximum atomic E-state index is 14.6. The summed E-state index contributed by atoms with van der Waals surface area (Å²) in [5.41, 5.74) is 2.91. The Bertz CT molecular complexity index is 1160. The molecule has 0 radical (unpaired) electrons. The predicted molar refractivity (Wildman–Crippen MR) is 107 cm³/mol. The second-order valence-corrected chi connectivity index (χ2v) is 6.68. The Kier molecular flexibility index (Phi) is 5.14. The molecule has 0 amide bonds. The van der Waals surface area contributed by atoms with E-state index >= 15 is 0 Å².